The van der Waals surface area contributed by atoms with Gasteiger partial charge < -0.3 is 20.1 Å². The molecule has 216 valence electrons. The van der Waals surface area contributed by atoms with Crippen LogP contribution in [0, 0.1) is 5.41 Å². The van der Waals surface area contributed by atoms with Crippen molar-refractivity contribution in [2.75, 3.05) is 18.9 Å². The van der Waals surface area contributed by atoms with Gasteiger partial charge in [-0.3, -0.25) is 23.7 Å². The number of nitrogens with two attached hydrogens (primary N) is 1. The maximum atomic E-state index is 13.9. The molecule has 1 aliphatic rings. The Hall–Kier alpha value is -3.03. The van der Waals surface area contributed by atoms with Crippen molar-refractivity contribution in [1.29, 1.82) is 0 Å². The Morgan fingerprint density at radius 2 is 2.10 bits per heavy atom. The van der Waals surface area contributed by atoms with Gasteiger partial charge in [-0.15, -0.1) is 0 Å². The molecule has 0 bridgehead atoms. The largest absolute Gasteiger partial charge is 0.462 e. The summed E-state index contributed by atoms with van der Waals surface area (Å²) in [6.07, 6.45) is 4.73. The average molecular weight is 639 g/mol. The van der Waals surface area contributed by atoms with Crippen LogP contribution in [0.2, 0.25) is 0 Å². The fourth-order valence-electron chi connectivity index (χ4n) is 4.04. The first kappa shape index (κ1) is 29.9. The number of nitrogens with one attached hydrogen (secondary N) is 2. The third-order valence-electron chi connectivity index (χ3n) is 6.40. The number of halogens is 1. The number of rotatable bonds is 13. The SMILES string of the molecule is CCC[C@H](C)OC(=O)C(C)N[P@](=O)(OC[C@@]1(CO)C/C1=C/n1cnc2c(=O)[nH]c(N)nc21)Oc1ccc(Br)cc1. The van der Waals surface area contributed by atoms with Gasteiger partial charge in [0, 0.05) is 16.1 Å². The Morgan fingerprint density at radius 1 is 1.38 bits per heavy atom. The van der Waals surface area contributed by atoms with E-state index in [2.05, 4.69) is 36.0 Å². The maximum Gasteiger partial charge on any atom is 0.459 e. The normalized spacial score (nSPS) is 20.7. The van der Waals surface area contributed by atoms with Crippen molar-refractivity contribution in [3.8, 4) is 5.75 Å². The van der Waals surface area contributed by atoms with Gasteiger partial charge in [-0.1, -0.05) is 29.3 Å². The summed E-state index contributed by atoms with van der Waals surface area (Å²) < 4.78 is 33.2. The highest BCUT2D eigenvalue weighted by Gasteiger charge is 2.51. The molecule has 2 heterocycles. The molecule has 5 N–H and O–H groups in total. The number of benzene rings is 1. The number of aliphatic hydroxyl groups is 1. The first-order chi connectivity index (χ1) is 19.0. The molecule has 15 heteroatoms. The Morgan fingerprint density at radius 3 is 2.77 bits per heavy atom. The number of fused-ring (bicyclic) bond motifs is 1. The van der Waals surface area contributed by atoms with Crippen LogP contribution in [0.1, 0.15) is 40.0 Å². The molecule has 3 aromatic rings. The second-order valence-corrected chi connectivity index (χ2v) is 12.4. The van der Waals surface area contributed by atoms with Crippen molar-refractivity contribution < 1.29 is 28.3 Å². The molecule has 0 amide bonds. The number of hydrogen-bond donors (Lipinski definition) is 4. The molecule has 13 nitrogen and oxygen atoms in total. The van der Waals surface area contributed by atoms with Crippen LogP contribution in [-0.2, 0) is 18.6 Å². The van der Waals surface area contributed by atoms with E-state index in [1.54, 1.807) is 37.4 Å². The van der Waals surface area contributed by atoms with Crippen molar-refractivity contribution in [3.63, 3.8) is 0 Å². The Balaban J connectivity index is 1.53. The summed E-state index contributed by atoms with van der Waals surface area (Å²) in [4.78, 5) is 35.3. The number of carbonyl (C=O) groups excluding carboxylic acids is 1. The van der Waals surface area contributed by atoms with Gasteiger partial charge in [0.15, 0.2) is 11.2 Å². The predicted molar refractivity (Wildman–Crippen MR) is 152 cm³/mol. The quantitative estimate of drug-likeness (QED) is 0.158. The van der Waals surface area contributed by atoms with Crippen molar-refractivity contribution >= 4 is 53.0 Å². The zero-order chi connectivity index (χ0) is 29.1. The average Bonchev–Trinajstić information content (AvgIpc) is 3.44. The molecule has 1 unspecified atom stereocenters. The third kappa shape index (κ3) is 6.99. The lowest BCUT2D eigenvalue weighted by molar-refractivity contribution is -0.150. The van der Waals surface area contributed by atoms with E-state index in [-0.39, 0.29) is 42.2 Å². The molecular formula is C25H32BrN6O7P. The lowest BCUT2D eigenvalue weighted by Crippen LogP contribution is -2.37. The molecule has 0 spiro atoms. The van der Waals surface area contributed by atoms with Crippen LogP contribution in [-0.4, -0.2) is 56.0 Å². The van der Waals surface area contributed by atoms with Gasteiger partial charge in [0.25, 0.3) is 5.56 Å². The van der Waals surface area contributed by atoms with Crippen LogP contribution >= 0.6 is 23.7 Å². The van der Waals surface area contributed by atoms with E-state index in [1.165, 1.54) is 17.8 Å². The summed E-state index contributed by atoms with van der Waals surface area (Å²) in [6.45, 7) is 4.78. The molecule has 0 radical (unpaired) electrons. The lowest BCUT2D eigenvalue weighted by Gasteiger charge is -2.25. The number of aliphatic hydroxyl groups excluding tert-OH is 1. The van der Waals surface area contributed by atoms with E-state index in [4.69, 9.17) is 19.5 Å². The summed E-state index contributed by atoms with van der Waals surface area (Å²) in [5.41, 5.74) is 5.44. The number of aromatic amines is 1. The van der Waals surface area contributed by atoms with E-state index in [1.807, 2.05) is 6.92 Å². The number of nitrogen functional groups attached to an aromatic ring is 1. The summed E-state index contributed by atoms with van der Waals surface area (Å²) >= 11 is 3.34. The van der Waals surface area contributed by atoms with E-state index >= 15 is 0 Å². The van der Waals surface area contributed by atoms with Gasteiger partial charge in [0.1, 0.15) is 18.1 Å². The minimum absolute atomic E-state index is 0.0564. The first-order valence-electron chi connectivity index (χ1n) is 12.7. The number of ether oxygens (including phenoxy) is 1. The van der Waals surface area contributed by atoms with Gasteiger partial charge in [-0.2, -0.15) is 10.1 Å². The molecule has 0 aliphatic heterocycles. The maximum absolute atomic E-state index is 13.9. The monoisotopic (exact) mass is 638 g/mol. The first-order valence-corrected chi connectivity index (χ1v) is 15.0. The molecule has 1 fully saturated rings. The zero-order valence-corrected chi connectivity index (χ0v) is 24.8. The number of imidazole rings is 1. The number of anilines is 1. The van der Waals surface area contributed by atoms with Crippen LogP contribution in [0.3, 0.4) is 0 Å². The Bertz CT molecular complexity index is 1510. The fourth-order valence-corrected chi connectivity index (χ4v) is 5.88. The van der Waals surface area contributed by atoms with Gasteiger partial charge in [-0.25, -0.2) is 9.55 Å². The van der Waals surface area contributed by atoms with Gasteiger partial charge in [0.2, 0.25) is 5.95 Å². The van der Waals surface area contributed by atoms with Crippen molar-refractivity contribution in [2.24, 2.45) is 5.41 Å². The highest BCUT2D eigenvalue weighted by Crippen LogP contribution is 2.56. The minimum Gasteiger partial charge on any atom is -0.462 e. The van der Waals surface area contributed by atoms with E-state index in [0.717, 1.165) is 16.5 Å². The molecule has 40 heavy (non-hydrogen) atoms. The van der Waals surface area contributed by atoms with Crippen molar-refractivity contribution in [1.82, 2.24) is 24.6 Å². The third-order valence-corrected chi connectivity index (χ3v) is 8.55. The van der Waals surface area contributed by atoms with Crippen LogP contribution in [0.5, 0.6) is 5.75 Å². The molecule has 4 rings (SSSR count). The second kappa shape index (κ2) is 12.2. The molecule has 1 saturated carbocycles. The summed E-state index contributed by atoms with van der Waals surface area (Å²) in [5, 5.41) is 12.9. The number of carbonyl (C=O) groups is 1. The number of esters is 1. The molecule has 1 aliphatic carbocycles. The van der Waals surface area contributed by atoms with E-state index < -0.39 is 30.7 Å². The zero-order valence-electron chi connectivity index (χ0n) is 22.3. The standard InChI is InChI=1S/C25H32BrN6O7P/c1-4-5-15(2)38-23(35)16(3)31-40(36,39-19-8-6-18(26)7-9-19)37-13-25(12-33)10-17(25)11-32-14-28-20-21(32)29-24(27)30-22(20)34/h6-9,11,14-16,33H,4-5,10,12-13H2,1-3H3,(H,31,36)(H3,27,29,30,34)/b17-11-/t15-,16?,25-,40-/m0/s1. The number of H-pyrrole nitrogens is 1. The molecule has 1 aromatic carbocycles. The topological polar surface area (TPSA) is 184 Å². The summed E-state index contributed by atoms with van der Waals surface area (Å²) in [7, 11) is -4.14. The van der Waals surface area contributed by atoms with Crippen molar-refractivity contribution in [2.45, 2.75) is 52.2 Å². The lowest BCUT2D eigenvalue weighted by atomic mass is 10.1. The van der Waals surface area contributed by atoms with E-state index in [9.17, 15) is 19.3 Å². The van der Waals surface area contributed by atoms with Crippen LogP contribution < -0.4 is 20.9 Å². The number of hydrogen-bond acceptors (Lipinski definition) is 10. The summed E-state index contributed by atoms with van der Waals surface area (Å²) in [5.74, 6) is -0.400. The molecule has 2 aromatic heterocycles. The Kier molecular flexibility index (Phi) is 9.16. The van der Waals surface area contributed by atoms with Crippen LogP contribution in [0.25, 0.3) is 17.4 Å². The molecule has 4 atom stereocenters. The van der Waals surface area contributed by atoms with Gasteiger partial charge in [0.05, 0.1) is 19.3 Å². The van der Waals surface area contributed by atoms with Crippen LogP contribution in [0.15, 0.2) is 45.4 Å². The van der Waals surface area contributed by atoms with Crippen molar-refractivity contribution in [3.05, 3.63) is 51.0 Å². The van der Waals surface area contributed by atoms with Gasteiger partial charge in [-0.05, 0) is 56.5 Å². The van der Waals surface area contributed by atoms with E-state index in [0.29, 0.717) is 12.8 Å². The highest BCUT2D eigenvalue weighted by atomic mass is 79.9. The number of nitrogens with zero attached hydrogens (tertiary/aromatic N) is 3. The fraction of sp³-hybridized carbons (Fsp3) is 0.440. The number of aromatic nitrogens is 4. The molecular weight excluding hydrogens is 607 g/mol. The van der Waals surface area contributed by atoms with Gasteiger partial charge >= 0.3 is 13.7 Å². The molecule has 0 saturated heterocycles. The minimum atomic E-state index is -4.14. The predicted octanol–water partition coefficient (Wildman–Crippen LogP) is 3.60. The second-order valence-electron chi connectivity index (χ2n) is 9.75. The summed E-state index contributed by atoms with van der Waals surface area (Å²) in [6, 6.07) is 5.61. The highest BCUT2D eigenvalue weighted by molar-refractivity contribution is 9.10. The smallest absolute Gasteiger partial charge is 0.459 e. The Labute approximate surface area is 238 Å². The van der Waals surface area contributed by atoms with Crippen LogP contribution in [0.4, 0.5) is 5.95 Å².